The van der Waals surface area contributed by atoms with E-state index in [1.54, 1.807) is 0 Å². The van der Waals surface area contributed by atoms with Crippen LogP contribution in [-0.4, -0.2) is 59.1 Å². The lowest BCUT2D eigenvalue weighted by Gasteiger charge is -2.12. The number of hydroxylamine groups is 2. The maximum absolute atomic E-state index is 11.0. The molecule has 0 aromatic heterocycles. The van der Waals surface area contributed by atoms with Crippen LogP contribution in [0.4, 0.5) is 0 Å². The lowest BCUT2D eigenvalue weighted by atomic mass is 10.3. The fourth-order valence-corrected chi connectivity index (χ4v) is 1.78. The van der Waals surface area contributed by atoms with Gasteiger partial charge in [0, 0.05) is 51.9 Å². The van der Waals surface area contributed by atoms with E-state index in [1.165, 1.54) is 19.2 Å². The fourth-order valence-electron chi connectivity index (χ4n) is 1.78. The second kappa shape index (κ2) is 11.5. The second-order valence-electron chi connectivity index (χ2n) is 4.75. The van der Waals surface area contributed by atoms with Gasteiger partial charge in [0.15, 0.2) is 0 Å². The molecule has 0 aromatic carbocycles. The third kappa shape index (κ3) is 7.24. The summed E-state index contributed by atoms with van der Waals surface area (Å²) in [6.07, 6.45) is 2.81. The number of hydrogen-bond donors (Lipinski definition) is 1. The van der Waals surface area contributed by atoms with Crippen molar-refractivity contribution < 1.29 is 33.6 Å². The van der Waals surface area contributed by atoms with E-state index in [1.807, 2.05) is 13.8 Å². The van der Waals surface area contributed by atoms with Crippen molar-refractivity contribution in [3.05, 3.63) is 12.2 Å². The van der Waals surface area contributed by atoms with Gasteiger partial charge in [-0.15, -0.1) is 5.06 Å². The second-order valence-corrected chi connectivity index (χ2v) is 4.75. The molecule has 0 spiro atoms. The van der Waals surface area contributed by atoms with E-state index < -0.39 is 17.8 Å². The van der Waals surface area contributed by atoms with Crippen molar-refractivity contribution in [3.8, 4) is 0 Å². The standard InChI is InChI=1S/C8H10N2O3.C6H7NO4.C2H6/c1-9-6(11)4-5-10-7(12)2-3-8(10)13;1-4(8)11-7-5(9)2-3-6(7)10;1-2/h2-3H,4-5H2,1H3,(H,9,11);2-3H2,1H3;1-2H3. The van der Waals surface area contributed by atoms with E-state index in [0.717, 1.165) is 11.8 Å². The Morgan fingerprint density at radius 2 is 1.50 bits per heavy atom. The molecule has 144 valence electrons. The summed E-state index contributed by atoms with van der Waals surface area (Å²) >= 11 is 0. The molecule has 0 saturated carbocycles. The van der Waals surface area contributed by atoms with Gasteiger partial charge >= 0.3 is 5.97 Å². The predicted octanol–water partition coefficient (Wildman–Crippen LogP) is -0.313. The lowest BCUT2D eigenvalue weighted by molar-refractivity contribution is -0.195. The van der Waals surface area contributed by atoms with Crippen molar-refractivity contribution in [1.82, 2.24) is 15.3 Å². The zero-order valence-corrected chi connectivity index (χ0v) is 15.2. The van der Waals surface area contributed by atoms with Crippen molar-refractivity contribution in [1.29, 1.82) is 0 Å². The number of rotatable bonds is 4. The highest BCUT2D eigenvalue weighted by Crippen LogP contribution is 2.11. The molecule has 2 aliphatic rings. The van der Waals surface area contributed by atoms with Gasteiger partial charge in [-0.05, 0) is 0 Å². The summed E-state index contributed by atoms with van der Waals surface area (Å²) in [5, 5.41) is 2.93. The van der Waals surface area contributed by atoms with Crippen LogP contribution < -0.4 is 5.32 Å². The van der Waals surface area contributed by atoms with Crippen molar-refractivity contribution >= 4 is 35.5 Å². The Kier molecular flexibility index (Phi) is 10.2. The Labute approximate surface area is 151 Å². The maximum Gasteiger partial charge on any atom is 0.330 e. The van der Waals surface area contributed by atoms with E-state index in [2.05, 4.69) is 10.2 Å². The summed E-state index contributed by atoms with van der Waals surface area (Å²) in [5.41, 5.74) is 0. The zero-order chi connectivity index (χ0) is 20.3. The topological polar surface area (TPSA) is 130 Å². The number of hydrogen-bond acceptors (Lipinski definition) is 7. The van der Waals surface area contributed by atoms with Gasteiger partial charge in [-0.1, -0.05) is 13.8 Å². The van der Waals surface area contributed by atoms with Crippen LogP contribution in [0.25, 0.3) is 0 Å². The summed E-state index contributed by atoms with van der Waals surface area (Å²) < 4.78 is 0. The Balaban J connectivity index is 0.000000444. The summed E-state index contributed by atoms with van der Waals surface area (Å²) in [7, 11) is 1.51. The highest BCUT2D eigenvalue weighted by molar-refractivity contribution is 6.13. The molecule has 1 N–H and O–H groups in total. The minimum atomic E-state index is -0.659. The van der Waals surface area contributed by atoms with E-state index in [9.17, 15) is 28.8 Å². The number of nitrogens with one attached hydrogen (secondary N) is 1. The van der Waals surface area contributed by atoms with Gasteiger partial charge in [0.25, 0.3) is 23.6 Å². The van der Waals surface area contributed by atoms with Crippen LogP contribution in [0.1, 0.15) is 40.0 Å². The molecule has 26 heavy (non-hydrogen) atoms. The molecule has 2 heterocycles. The molecule has 10 heteroatoms. The molecule has 0 atom stereocenters. The number of carbonyl (C=O) groups excluding carboxylic acids is 6. The fraction of sp³-hybridized carbons (Fsp3) is 0.500. The van der Waals surface area contributed by atoms with Crippen LogP contribution in [0, 0.1) is 0 Å². The normalized spacial score (nSPS) is 15.2. The smallest absolute Gasteiger partial charge is 0.330 e. The average Bonchev–Trinajstić information content (AvgIpc) is 3.10. The van der Waals surface area contributed by atoms with Crippen LogP contribution in [0.3, 0.4) is 0 Å². The average molecular weight is 369 g/mol. The van der Waals surface area contributed by atoms with E-state index in [0.29, 0.717) is 5.06 Å². The minimum absolute atomic E-state index is 0.131. The first-order valence-corrected chi connectivity index (χ1v) is 8.04. The summed E-state index contributed by atoms with van der Waals surface area (Å²) in [5.74, 6) is -2.46. The monoisotopic (exact) mass is 369 g/mol. The van der Waals surface area contributed by atoms with Crippen LogP contribution in [0.5, 0.6) is 0 Å². The largest absolute Gasteiger partial charge is 0.359 e. The van der Waals surface area contributed by atoms with E-state index in [-0.39, 0.29) is 43.5 Å². The zero-order valence-electron chi connectivity index (χ0n) is 15.2. The first-order valence-electron chi connectivity index (χ1n) is 8.04. The molecule has 0 unspecified atom stereocenters. The Morgan fingerprint density at radius 1 is 1.04 bits per heavy atom. The van der Waals surface area contributed by atoms with Crippen LogP contribution in [0.15, 0.2) is 12.2 Å². The Morgan fingerprint density at radius 3 is 1.88 bits per heavy atom. The molecule has 1 saturated heterocycles. The molecule has 0 aromatic rings. The van der Waals surface area contributed by atoms with Gasteiger partial charge in [0.1, 0.15) is 0 Å². The molecule has 2 aliphatic heterocycles. The Bertz CT molecular complexity index is 579. The van der Waals surface area contributed by atoms with Crippen LogP contribution in [0.2, 0.25) is 0 Å². The number of imide groups is 2. The SMILES string of the molecule is CC.CC(=O)ON1C(=O)CCC1=O.CNC(=O)CCN1C(=O)C=CC1=O. The maximum atomic E-state index is 11.0. The molecule has 0 bridgehead atoms. The van der Waals surface area contributed by atoms with E-state index in [4.69, 9.17) is 0 Å². The van der Waals surface area contributed by atoms with Crippen molar-refractivity contribution in [2.75, 3.05) is 13.6 Å². The minimum Gasteiger partial charge on any atom is -0.359 e. The highest BCUT2D eigenvalue weighted by atomic mass is 16.7. The first kappa shape index (κ1) is 23.0. The van der Waals surface area contributed by atoms with Gasteiger partial charge in [0.05, 0.1) is 0 Å². The lowest BCUT2D eigenvalue weighted by Crippen LogP contribution is -2.33. The molecule has 0 radical (unpaired) electrons. The van der Waals surface area contributed by atoms with Gasteiger partial charge < -0.3 is 10.2 Å². The van der Waals surface area contributed by atoms with Gasteiger partial charge in [0.2, 0.25) is 5.91 Å². The van der Waals surface area contributed by atoms with Crippen LogP contribution in [-0.2, 0) is 33.6 Å². The van der Waals surface area contributed by atoms with Crippen LogP contribution >= 0.6 is 0 Å². The van der Waals surface area contributed by atoms with E-state index >= 15 is 0 Å². The Hall–Kier alpha value is -3.04. The number of carbonyl (C=O) groups is 6. The summed E-state index contributed by atoms with van der Waals surface area (Å²) in [4.78, 5) is 69.9. The molecular formula is C16H23N3O7. The van der Waals surface area contributed by atoms with Crippen molar-refractivity contribution in [3.63, 3.8) is 0 Å². The molecule has 0 aliphatic carbocycles. The van der Waals surface area contributed by atoms with Crippen molar-refractivity contribution in [2.24, 2.45) is 0 Å². The number of nitrogens with zero attached hydrogens (tertiary/aromatic N) is 2. The van der Waals surface area contributed by atoms with Gasteiger partial charge in [-0.25, -0.2) is 4.79 Å². The number of amides is 5. The molecular weight excluding hydrogens is 346 g/mol. The summed E-state index contributed by atoms with van der Waals surface area (Å²) in [6, 6.07) is 0. The quantitative estimate of drug-likeness (QED) is 0.673. The molecule has 10 nitrogen and oxygen atoms in total. The van der Waals surface area contributed by atoms with Crippen molar-refractivity contribution in [2.45, 2.75) is 40.0 Å². The van der Waals surface area contributed by atoms with Gasteiger partial charge in [-0.3, -0.25) is 28.9 Å². The summed E-state index contributed by atoms with van der Waals surface area (Å²) in [6.45, 7) is 5.28. The third-order valence-corrected chi connectivity index (χ3v) is 2.97. The molecule has 5 amide bonds. The molecule has 1 fully saturated rings. The third-order valence-electron chi connectivity index (χ3n) is 2.97. The van der Waals surface area contributed by atoms with Gasteiger partial charge in [-0.2, -0.15) is 0 Å². The first-order chi connectivity index (χ1) is 12.3. The predicted molar refractivity (Wildman–Crippen MR) is 88.7 cm³/mol. The highest BCUT2D eigenvalue weighted by Gasteiger charge is 2.31. The molecule has 2 rings (SSSR count).